The van der Waals surface area contributed by atoms with Crippen molar-refractivity contribution < 1.29 is 0 Å². The quantitative estimate of drug-likeness (QED) is 0.243. The van der Waals surface area contributed by atoms with Crippen molar-refractivity contribution in [2.75, 3.05) is 0 Å². The number of fused-ring (bicyclic) bond motifs is 2. The maximum Gasteiger partial charge on any atom is 0.266 e. The summed E-state index contributed by atoms with van der Waals surface area (Å²) in [5, 5.41) is 2.95. The van der Waals surface area contributed by atoms with Crippen LogP contribution < -0.4 is 5.56 Å². The Bertz CT molecular complexity index is 1950. The molecule has 0 aliphatic rings. The summed E-state index contributed by atoms with van der Waals surface area (Å²) in [5.74, 6) is 7.01. The van der Waals surface area contributed by atoms with Crippen LogP contribution in [0, 0.1) is 18.8 Å². The molecule has 0 aliphatic heterocycles. The molecule has 0 radical (unpaired) electrons. The number of aromatic nitrogens is 2. The lowest BCUT2D eigenvalue weighted by molar-refractivity contribution is 0.934. The Kier molecular flexibility index (Phi) is 6.14. The third-order valence-electron chi connectivity index (χ3n) is 6.56. The highest BCUT2D eigenvalue weighted by Gasteiger charge is 2.13. The number of hydrogen-bond acceptors (Lipinski definition) is 2. The molecule has 3 heteroatoms. The molecule has 0 spiro atoms. The van der Waals surface area contributed by atoms with E-state index < -0.39 is 0 Å². The van der Waals surface area contributed by atoms with Crippen molar-refractivity contribution in [2.24, 2.45) is 0 Å². The van der Waals surface area contributed by atoms with Gasteiger partial charge in [0.1, 0.15) is 5.82 Å². The molecule has 5 aromatic carbocycles. The fourth-order valence-corrected chi connectivity index (χ4v) is 4.63. The van der Waals surface area contributed by atoms with Gasteiger partial charge in [0.2, 0.25) is 0 Å². The Morgan fingerprint density at radius 1 is 0.684 bits per heavy atom. The predicted molar refractivity (Wildman–Crippen MR) is 157 cm³/mol. The average molecular weight is 489 g/mol. The van der Waals surface area contributed by atoms with Gasteiger partial charge in [0, 0.05) is 11.1 Å². The van der Waals surface area contributed by atoms with Crippen LogP contribution in [-0.2, 0) is 0 Å². The van der Waals surface area contributed by atoms with E-state index in [0.29, 0.717) is 16.7 Å². The summed E-state index contributed by atoms with van der Waals surface area (Å²) in [4.78, 5) is 18.6. The zero-order valence-corrected chi connectivity index (χ0v) is 20.9. The van der Waals surface area contributed by atoms with E-state index in [1.54, 1.807) is 4.57 Å². The summed E-state index contributed by atoms with van der Waals surface area (Å²) in [7, 11) is 0. The molecule has 180 valence electrons. The molecule has 0 saturated heterocycles. The summed E-state index contributed by atoms with van der Waals surface area (Å²) in [6.07, 6.45) is 3.93. The normalized spacial score (nSPS) is 11.1. The van der Waals surface area contributed by atoms with Crippen LogP contribution in [-0.4, -0.2) is 9.55 Å². The molecule has 0 saturated carbocycles. The summed E-state index contributed by atoms with van der Waals surface area (Å²) < 4.78 is 1.70. The van der Waals surface area contributed by atoms with E-state index in [-0.39, 0.29) is 5.56 Å². The van der Waals surface area contributed by atoms with Gasteiger partial charge in [0.25, 0.3) is 5.56 Å². The number of aryl methyl sites for hydroxylation is 1. The van der Waals surface area contributed by atoms with Crippen molar-refractivity contribution in [1.29, 1.82) is 0 Å². The lowest BCUT2D eigenvalue weighted by Gasteiger charge is -2.14. The minimum atomic E-state index is -0.0972. The smallest absolute Gasteiger partial charge is 0.266 e. The molecule has 0 amide bonds. The van der Waals surface area contributed by atoms with Gasteiger partial charge in [-0.1, -0.05) is 84.6 Å². The van der Waals surface area contributed by atoms with Gasteiger partial charge < -0.3 is 0 Å². The maximum atomic E-state index is 13.7. The topological polar surface area (TPSA) is 34.9 Å². The van der Waals surface area contributed by atoms with Crippen LogP contribution in [0.15, 0.2) is 120 Å². The third kappa shape index (κ3) is 4.64. The molecule has 6 aromatic rings. The SMILES string of the molecule is Cc1cc(C#Cc2ccccc2)ccc1-n1c(/C=C/c2ccc3ccccc3c2)nc2ccccc2c1=O. The second kappa shape index (κ2) is 10.0. The fourth-order valence-electron chi connectivity index (χ4n) is 4.63. The Labute approximate surface area is 221 Å². The van der Waals surface area contributed by atoms with Gasteiger partial charge in [-0.25, -0.2) is 4.98 Å². The van der Waals surface area contributed by atoms with Gasteiger partial charge in [-0.15, -0.1) is 0 Å². The minimum Gasteiger partial charge on any atom is -0.268 e. The zero-order chi connectivity index (χ0) is 25.9. The summed E-state index contributed by atoms with van der Waals surface area (Å²) in [6.45, 7) is 2.00. The van der Waals surface area contributed by atoms with E-state index in [1.165, 1.54) is 10.8 Å². The summed E-state index contributed by atoms with van der Waals surface area (Å²) in [5.41, 5.74) is 5.22. The molecule has 0 atom stereocenters. The maximum absolute atomic E-state index is 13.7. The summed E-state index contributed by atoms with van der Waals surface area (Å²) in [6, 6.07) is 37.9. The van der Waals surface area contributed by atoms with Crippen LogP contribution in [0.4, 0.5) is 0 Å². The van der Waals surface area contributed by atoms with E-state index in [2.05, 4.69) is 42.2 Å². The molecular weight excluding hydrogens is 464 g/mol. The number of hydrogen-bond donors (Lipinski definition) is 0. The first-order valence-electron chi connectivity index (χ1n) is 12.5. The van der Waals surface area contributed by atoms with Crippen LogP contribution in [0.25, 0.3) is 39.5 Å². The minimum absolute atomic E-state index is 0.0972. The van der Waals surface area contributed by atoms with Gasteiger partial charge in [-0.05, 0) is 83.4 Å². The predicted octanol–water partition coefficient (Wildman–Crippen LogP) is 7.42. The molecule has 0 unspecified atom stereocenters. The number of para-hydroxylation sites is 1. The van der Waals surface area contributed by atoms with E-state index >= 15 is 0 Å². The van der Waals surface area contributed by atoms with Crippen LogP contribution in [0.5, 0.6) is 0 Å². The van der Waals surface area contributed by atoms with Crippen LogP contribution in [0.2, 0.25) is 0 Å². The molecule has 1 heterocycles. The Morgan fingerprint density at radius 3 is 2.26 bits per heavy atom. The Hall–Kier alpha value is -5.20. The highest BCUT2D eigenvalue weighted by molar-refractivity contribution is 5.86. The highest BCUT2D eigenvalue weighted by Crippen LogP contribution is 2.21. The van der Waals surface area contributed by atoms with Crippen molar-refractivity contribution in [3.63, 3.8) is 0 Å². The van der Waals surface area contributed by atoms with Gasteiger partial charge in [0.15, 0.2) is 0 Å². The van der Waals surface area contributed by atoms with Crippen molar-refractivity contribution >= 4 is 33.8 Å². The average Bonchev–Trinajstić information content (AvgIpc) is 2.96. The van der Waals surface area contributed by atoms with Gasteiger partial charge in [0.05, 0.1) is 16.6 Å². The lowest BCUT2D eigenvalue weighted by atomic mass is 10.1. The van der Waals surface area contributed by atoms with Gasteiger partial charge in [-0.3, -0.25) is 9.36 Å². The number of rotatable bonds is 3. The molecule has 38 heavy (non-hydrogen) atoms. The Balaban J connectivity index is 1.45. The molecule has 6 rings (SSSR count). The molecule has 3 nitrogen and oxygen atoms in total. The van der Waals surface area contributed by atoms with Crippen LogP contribution in [0.3, 0.4) is 0 Å². The Morgan fingerprint density at radius 2 is 1.42 bits per heavy atom. The van der Waals surface area contributed by atoms with E-state index in [1.807, 2.05) is 104 Å². The van der Waals surface area contributed by atoms with E-state index in [0.717, 1.165) is 27.9 Å². The molecule has 0 fully saturated rings. The first-order valence-corrected chi connectivity index (χ1v) is 12.5. The van der Waals surface area contributed by atoms with E-state index in [4.69, 9.17) is 4.98 Å². The highest BCUT2D eigenvalue weighted by atomic mass is 16.1. The number of benzene rings is 5. The third-order valence-corrected chi connectivity index (χ3v) is 6.56. The molecule has 0 aliphatic carbocycles. The summed E-state index contributed by atoms with van der Waals surface area (Å²) >= 11 is 0. The van der Waals surface area contributed by atoms with Crippen molar-refractivity contribution in [1.82, 2.24) is 9.55 Å². The first kappa shape index (κ1) is 23.2. The number of nitrogens with zero attached hydrogens (tertiary/aromatic N) is 2. The molecule has 0 N–H and O–H groups in total. The van der Waals surface area contributed by atoms with Gasteiger partial charge in [-0.2, -0.15) is 0 Å². The van der Waals surface area contributed by atoms with Crippen LogP contribution in [0.1, 0.15) is 28.1 Å². The monoisotopic (exact) mass is 488 g/mol. The largest absolute Gasteiger partial charge is 0.268 e. The van der Waals surface area contributed by atoms with Crippen molar-refractivity contribution in [2.45, 2.75) is 6.92 Å². The van der Waals surface area contributed by atoms with Crippen molar-refractivity contribution in [3.8, 4) is 17.5 Å². The lowest BCUT2D eigenvalue weighted by Crippen LogP contribution is -2.23. The standard InChI is InChI=1S/C35H24N2O/c1-25-23-27(16-15-26-9-3-2-4-10-26)18-21-33(25)37-34(36-32-14-8-7-13-31(32)35(37)38)22-19-28-17-20-29-11-5-6-12-30(29)24-28/h2-14,17-24H,1H3/b22-19+. The second-order valence-corrected chi connectivity index (χ2v) is 9.18. The molecule has 1 aromatic heterocycles. The zero-order valence-electron chi connectivity index (χ0n) is 20.9. The molecule has 0 bridgehead atoms. The van der Waals surface area contributed by atoms with Gasteiger partial charge >= 0.3 is 0 Å². The van der Waals surface area contributed by atoms with Crippen molar-refractivity contribution in [3.05, 3.63) is 154 Å². The van der Waals surface area contributed by atoms with E-state index in [9.17, 15) is 4.79 Å². The molecular formula is C35H24N2O. The second-order valence-electron chi connectivity index (χ2n) is 9.18. The first-order chi connectivity index (χ1) is 18.7. The van der Waals surface area contributed by atoms with Crippen LogP contribution >= 0.6 is 0 Å². The fraction of sp³-hybridized carbons (Fsp3) is 0.0286.